The fourth-order valence-electron chi connectivity index (χ4n) is 11.7. The number of rotatable bonds is 3. The predicted molar refractivity (Wildman–Crippen MR) is 283 cm³/mol. The molecular formula is C62H59BN2O. The Hall–Kier alpha value is -6.52. The summed E-state index contributed by atoms with van der Waals surface area (Å²) in [4.78, 5) is 5.32. The number of nitrogens with zero attached hydrogens (tertiary/aromatic N) is 2. The highest BCUT2D eigenvalue weighted by atomic mass is 16.3. The highest BCUT2D eigenvalue weighted by Gasteiger charge is 2.48. The monoisotopic (exact) mass is 858 g/mol. The average Bonchev–Trinajstić information content (AvgIpc) is 3.66. The largest absolute Gasteiger partial charge is 0.456 e. The Kier molecular flexibility index (Phi) is 8.69. The lowest BCUT2D eigenvalue weighted by Crippen LogP contribution is -2.61. The third kappa shape index (κ3) is 6.09. The minimum absolute atomic E-state index is 0.0234. The van der Waals surface area contributed by atoms with Gasteiger partial charge in [-0.05, 0) is 150 Å². The minimum Gasteiger partial charge on any atom is -0.456 e. The molecule has 3 nitrogen and oxygen atoms in total. The molecule has 66 heavy (non-hydrogen) atoms. The molecule has 1 aromatic heterocycles. The normalized spacial score (nSPS) is 16.1. The first-order chi connectivity index (χ1) is 31.5. The van der Waals surface area contributed by atoms with Gasteiger partial charge in [-0.3, -0.25) is 0 Å². The molecule has 3 heterocycles. The highest BCUT2D eigenvalue weighted by Crippen LogP contribution is 2.55. The summed E-state index contributed by atoms with van der Waals surface area (Å²) in [5, 5.41) is 4.79. The number of furan rings is 1. The first kappa shape index (κ1) is 41.0. The van der Waals surface area contributed by atoms with Crippen LogP contribution in [-0.4, -0.2) is 6.85 Å². The lowest BCUT2D eigenvalue weighted by Gasteiger charge is -2.48. The Balaban J connectivity index is 1.26. The van der Waals surface area contributed by atoms with Crippen LogP contribution in [0.4, 0.5) is 28.4 Å². The smallest absolute Gasteiger partial charge is 0.333 e. The summed E-state index contributed by atoms with van der Waals surface area (Å²) < 4.78 is 6.86. The van der Waals surface area contributed by atoms with E-state index in [1.807, 2.05) is 0 Å². The van der Waals surface area contributed by atoms with E-state index < -0.39 is 0 Å². The molecule has 8 aromatic carbocycles. The zero-order chi connectivity index (χ0) is 45.7. The molecule has 0 fully saturated rings. The van der Waals surface area contributed by atoms with Gasteiger partial charge in [-0.2, -0.15) is 0 Å². The topological polar surface area (TPSA) is 19.6 Å². The van der Waals surface area contributed by atoms with E-state index in [1.54, 1.807) is 0 Å². The Morgan fingerprint density at radius 3 is 1.85 bits per heavy atom. The Morgan fingerprint density at radius 2 is 1.14 bits per heavy atom. The Morgan fingerprint density at radius 1 is 0.500 bits per heavy atom. The van der Waals surface area contributed by atoms with Crippen molar-refractivity contribution in [2.45, 2.75) is 104 Å². The van der Waals surface area contributed by atoms with Crippen LogP contribution in [0.25, 0.3) is 55.0 Å². The quantitative estimate of drug-likeness (QED) is 0.165. The molecule has 0 radical (unpaired) electrons. The maximum Gasteiger partial charge on any atom is 0.333 e. The van der Waals surface area contributed by atoms with Crippen molar-refractivity contribution in [1.29, 1.82) is 0 Å². The molecule has 326 valence electrons. The van der Waals surface area contributed by atoms with Crippen LogP contribution in [0.15, 0.2) is 156 Å². The van der Waals surface area contributed by atoms with Crippen molar-refractivity contribution in [3.05, 3.63) is 174 Å². The van der Waals surface area contributed by atoms with Crippen LogP contribution in [-0.2, 0) is 21.7 Å². The van der Waals surface area contributed by atoms with E-state index in [-0.39, 0.29) is 28.5 Å². The van der Waals surface area contributed by atoms with Crippen LogP contribution in [0.5, 0.6) is 0 Å². The van der Waals surface area contributed by atoms with Gasteiger partial charge in [0.2, 0.25) is 0 Å². The van der Waals surface area contributed by atoms with Gasteiger partial charge in [-0.25, -0.2) is 0 Å². The molecular weight excluding hydrogens is 800 g/mol. The van der Waals surface area contributed by atoms with Crippen molar-refractivity contribution in [2.24, 2.45) is 0 Å². The lowest BCUT2D eigenvalue weighted by molar-refractivity contribution is 0.332. The minimum atomic E-state index is -0.164. The molecule has 0 unspecified atom stereocenters. The number of fused-ring (bicyclic) bond motifs is 10. The zero-order valence-electron chi connectivity index (χ0n) is 40.2. The van der Waals surface area contributed by atoms with Crippen molar-refractivity contribution in [3.63, 3.8) is 0 Å². The second-order valence-corrected chi connectivity index (χ2v) is 22.8. The summed E-state index contributed by atoms with van der Waals surface area (Å²) in [5.74, 6) is 0. The Labute approximate surface area is 391 Å². The van der Waals surface area contributed by atoms with Crippen LogP contribution in [0.3, 0.4) is 0 Å². The molecule has 0 amide bonds. The molecule has 3 aliphatic rings. The van der Waals surface area contributed by atoms with Crippen LogP contribution in [0.1, 0.15) is 104 Å². The van der Waals surface area contributed by atoms with E-state index >= 15 is 0 Å². The van der Waals surface area contributed by atoms with Crippen molar-refractivity contribution in [1.82, 2.24) is 0 Å². The molecule has 0 bridgehead atoms. The van der Waals surface area contributed by atoms with E-state index in [0.717, 1.165) is 34.8 Å². The van der Waals surface area contributed by atoms with Gasteiger partial charge in [0.05, 0.1) is 5.69 Å². The second-order valence-electron chi connectivity index (χ2n) is 22.8. The van der Waals surface area contributed by atoms with Crippen LogP contribution in [0.2, 0.25) is 0 Å². The van der Waals surface area contributed by atoms with Gasteiger partial charge in [0.1, 0.15) is 11.2 Å². The number of hydrogen-bond donors (Lipinski definition) is 0. The summed E-state index contributed by atoms with van der Waals surface area (Å²) in [6.07, 6.45) is 2.31. The van der Waals surface area contributed by atoms with Gasteiger partial charge in [0.25, 0.3) is 0 Å². The molecule has 4 heteroatoms. The van der Waals surface area contributed by atoms with E-state index in [9.17, 15) is 0 Å². The number of para-hydroxylation sites is 1. The van der Waals surface area contributed by atoms with Gasteiger partial charge in [0.15, 0.2) is 0 Å². The van der Waals surface area contributed by atoms with Crippen LogP contribution < -0.4 is 20.6 Å². The Bertz CT molecular complexity index is 3450. The third-order valence-electron chi connectivity index (χ3n) is 15.6. The van der Waals surface area contributed by atoms with Crippen molar-refractivity contribution in [3.8, 4) is 22.3 Å². The SMILES string of the molecule is CC(C)(C)c1ccc(N2B3c4cc5oc6ccccc6c5cc4N(c4ccc(C(C)(C)C)cc4-c4ccccc4)c4cc5ccccc5c(c43)-c3cc4c(cc32)C(C)(C)CCC4(C)C)cc1. The molecule has 0 saturated carbocycles. The summed E-state index contributed by atoms with van der Waals surface area (Å²) in [5.41, 5.74) is 21.1. The molecule has 0 saturated heterocycles. The first-order valence-corrected chi connectivity index (χ1v) is 24.1. The number of benzene rings is 8. The molecule has 2 aliphatic heterocycles. The van der Waals surface area contributed by atoms with Gasteiger partial charge in [-0.15, -0.1) is 0 Å². The summed E-state index contributed by atoms with van der Waals surface area (Å²) in [6, 6.07) is 57.9. The molecule has 0 N–H and O–H groups in total. The standard InChI is InChI=1S/C62H59BN2O/c1-59(2,3)40-24-27-42(28-25-40)65-52-36-49-48(61(7,8)30-31-62(49,9)10)34-47(52)57-43-21-15-14-20-39(43)32-54-58(57)63(65)50-37-56-46(44-22-16-17-23-55(44)66-56)35-53(50)64(54)51-29-26-41(60(4,5)6)33-45(51)38-18-12-11-13-19-38/h11-29,32-37H,30-31H2,1-10H3. The summed E-state index contributed by atoms with van der Waals surface area (Å²) in [6.45, 7) is 23.6. The van der Waals surface area contributed by atoms with E-state index in [2.05, 4.69) is 231 Å². The molecule has 12 rings (SSSR count). The first-order valence-electron chi connectivity index (χ1n) is 24.1. The molecule has 9 aromatic rings. The number of anilines is 5. The molecule has 0 spiro atoms. The van der Waals surface area contributed by atoms with Gasteiger partial charge < -0.3 is 14.1 Å². The van der Waals surface area contributed by atoms with Crippen molar-refractivity contribution < 1.29 is 4.42 Å². The maximum absolute atomic E-state index is 6.86. The predicted octanol–water partition coefficient (Wildman–Crippen LogP) is 16.1. The van der Waals surface area contributed by atoms with Crippen molar-refractivity contribution in [2.75, 3.05) is 9.71 Å². The van der Waals surface area contributed by atoms with E-state index in [4.69, 9.17) is 4.42 Å². The van der Waals surface area contributed by atoms with Crippen LogP contribution in [0, 0.1) is 0 Å². The van der Waals surface area contributed by atoms with Gasteiger partial charge in [-0.1, -0.05) is 160 Å². The summed E-state index contributed by atoms with van der Waals surface area (Å²) in [7, 11) is 0. The van der Waals surface area contributed by atoms with Gasteiger partial charge >= 0.3 is 6.85 Å². The molecule has 1 aliphatic carbocycles. The summed E-state index contributed by atoms with van der Waals surface area (Å²) >= 11 is 0. The fraction of sp³-hybridized carbons (Fsp3) is 0.258. The number of hydrogen-bond acceptors (Lipinski definition) is 3. The average molecular weight is 859 g/mol. The highest BCUT2D eigenvalue weighted by molar-refractivity contribution is 6.94. The van der Waals surface area contributed by atoms with E-state index in [0.29, 0.717) is 0 Å². The molecule has 0 atom stereocenters. The zero-order valence-corrected chi connectivity index (χ0v) is 40.2. The lowest BCUT2D eigenvalue weighted by atomic mass is 9.43. The fourth-order valence-corrected chi connectivity index (χ4v) is 11.7. The third-order valence-corrected chi connectivity index (χ3v) is 15.6. The van der Waals surface area contributed by atoms with E-state index in [1.165, 1.54) is 94.6 Å². The van der Waals surface area contributed by atoms with Gasteiger partial charge in [0, 0.05) is 44.6 Å². The second kappa shape index (κ2) is 14.0. The van der Waals surface area contributed by atoms with Crippen molar-refractivity contribution >= 4 is 78.9 Å². The maximum atomic E-state index is 6.86. The van der Waals surface area contributed by atoms with Crippen LogP contribution >= 0.6 is 0 Å².